The number of fused-ring (bicyclic) bond motifs is 1. The van der Waals surface area contributed by atoms with Crippen LogP contribution in [0.1, 0.15) is 22.8 Å². The van der Waals surface area contributed by atoms with Crippen LogP contribution in [-0.4, -0.2) is 65.6 Å². The number of nitrogens with zero attached hydrogens (tertiary/aromatic N) is 4. The third kappa shape index (κ3) is 7.10. The van der Waals surface area contributed by atoms with Gasteiger partial charge in [0.15, 0.2) is 0 Å². The van der Waals surface area contributed by atoms with Crippen molar-refractivity contribution in [3.63, 3.8) is 0 Å². The zero-order valence-corrected chi connectivity index (χ0v) is 22.9. The Morgan fingerprint density at radius 1 is 0.927 bits per heavy atom. The summed E-state index contributed by atoms with van der Waals surface area (Å²) in [4.78, 5) is 44.3. The number of aromatic nitrogens is 1. The zero-order chi connectivity index (χ0) is 29.4. The third-order valence-corrected chi connectivity index (χ3v) is 6.95. The van der Waals surface area contributed by atoms with Gasteiger partial charge in [0.05, 0.1) is 0 Å². The Kier molecular flexibility index (Phi) is 9.36. The monoisotopic (exact) mass is 554 g/mol. The maximum Gasteiger partial charge on any atom is 0.323 e. The fourth-order valence-electron chi connectivity index (χ4n) is 4.79. The lowest BCUT2D eigenvalue weighted by atomic mass is 10.1. The van der Waals surface area contributed by atoms with Gasteiger partial charge in [-0.3, -0.25) is 14.5 Å². The first kappa shape index (κ1) is 28.9. The lowest BCUT2D eigenvalue weighted by Gasteiger charge is -2.36. The summed E-state index contributed by atoms with van der Waals surface area (Å²) in [5.41, 5.74) is 14.7. The lowest BCUT2D eigenvalue weighted by Crippen LogP contribution is -2.50. The first-order valence-electron chi connectivity index (χ1n) is 13.4. The number of para-hydroxylation sites is 2. The number of urea groups is 1. The van der Waals surface area contributed by atoms with E-state index in [1.807, 2.05) is 0 Å². The Balaban J connectivity index is 0.000000201. The van der Waals surface area contributed by atoms with Crippen molar-refractivity contribution in [1.82, 2.24) is 9.88 Å². The molecule has 0 spiro atoms. The van der Waals surface area contributed by atoms with E-state index in [1.165, 1.54) is 16.2 Å². The molecule has 4 aromatic rings. The van der Waals surface area contributed by atoms with Crippen molar-refractivity contribution in [2.75, 3.05) is 48.3 Å². The van der Waals surface area contributed by atoms with E-state index in [0.29, 0.717) is 35.5 Å². The van der Waals surface area contributed by atoms with Gasteiger partial charge >= 0.3 is 12.0 Å². The largest absolute Gasteiger partial charge is 0.480 e. The van der Waals surface area contributed by atoms with Crippen molar-refractivity contribution in [2.45, 2.75) is 13.3 Å². The van der Waals surface area contributed by atoms with Gasteiger partial charge in [-0.25, -0.2) is 9.78 Å². The zero-order valence-electron chi connectivity index (χ0n) is 22.9. The smallest absolute Gasteiger partial charge is 0.323 e. The van der Waals surface area contributed by atoms with Gasteiger partial charge in [0.2, 0.25) is 0 Å². The van der Waals surface area contributed by atoms with E-state index in [0.717, 1.165) is 24.9 Å². The predicted molar refractivity (Wildman–Crippen MR) is 161 cm³/mol. The fourth-order valence-corrected chi connectivity index (χ4v) is 4.79. The summed E-state index contributed by atoms with van der Waals surface area (Å²) in [6.07, 6.45) is 2.63. The summed E-state index contributed by atoms with van der Waals surface area (Å²) < 4.78 is 0. The number of pyridine rings is 1. The highest BCUT2D eigenvalue weighted by Gasteiger charge is 2.22. The third-order valence-electron chi connectivity index (χ3n) is 6.95. The molecule has 2 heterocycles. The van der Waals surface area contributed by atoms with Crippen LogP contribution >= 0.6 is 0 Å². The minimum Gasteiger partial charge on any atom is -0.480 e. The molecule has 1 fully saturated rings. The summed E-state index contributed by atoms with van der Waals surface area (Å²) in [5.74, 6) is -1.17. The molecule has 10 nitrogen and oxygen atoms in total. The molecule has 0 aliphatic carbocycles. The van der Waals surface area contributed by atoms with Crippen molar-refractivity contribution in [3.8, 4) is 0 Å². The number of rotatable bonds is 6. The Morgan fingerprint density at radius 3 is 2.27 bits per heavy atom. The van der Waals surface area contributed by atoms with Crippen LogP contribution in [0.2, 0.25) is 0 Å². The van der Waals surface area contributed by atoms with Gasteiger partial charge in [0, 0.05) is 54.7 Å². The number of aryl methyl sites for hydroxylation is 1. The Morgan fingerprint density at radius 2 is 1.61 bits per heavy atom. The Bertz CT molecular complexity index is 1520. The van der Waals surface area contributed by atoms with Gasteiger partial charge in [-0.15, -0.1) is 0 Å². The standard InChI is InChI=1S/C18H15N3O3.C13H19N3O/c19-17-15-10-13(7-6-12(15)8-9-20-17)18(24)21(11-16(22)23)14-4-2-1-3-5-14;1-2-11-5-3-4-6-12(11)15-7-9-16(10-8-15)13(14)17/h1-10H,11H2,(H2,19,20)(H,22,23);3-6H,2,7-10H2,1H3,(H2,14,17). The summed E-state index contributed by atoms with van der Waals surface area (Å²) >= 11 is 0. The van der Waals surface area contributed by atoms with Gasteiger partial charge in [-0.05, 0) is 53.8 Å². The lowest BCUT2D eigenvalue weighted by molar-refractivity contribution is -0.135. The van der Waals surface area contributed by atoms with Crippen LogP contribution in [0.3, 0.4) is 0 Å². The van der Waals surface area contributed by atoms with E-state index in [-0.39, 0.29) is 6.03 Å². The molecule has 0 saturated carbocycles. The Hall–Kier alpha value is -5.12. The van der Waals surface area contributed by atoms with Crippen LogP contribution in [0, 0.1) is 0 Å². The molecule has 1 saturated heterocycles. The van der Waals surface area contributed by atoms with Crippen molar-refractivity contribution < 1.29 is 19.5 Å². The van der Waals surface area contributed by atoms with Crippen molar-refractivity contribution in [3.05, 3.63) is 96.2 Å². The minimum absolute atomic E-state index is 0.312. The molecule has 5 N–H and O–H groups in total. The molecule has 1 aromatic heterocycles. The molecule has 0 unspecified atom stereocenters. The maximum absolute atomic E-state index is 12.8. The van der Waals surface area contributed by atoms with E-state index >= 15 is 0 Å². The highest BCUT2D eigenvalue weighted by atomic mass is 16.4. The molecule has 10 heteroatoms. The quantitative estimate of drug-likeness (QED) is 0.327. The number of aliphatic carboxylic acids is 1. The first-order chi connectivity index (χ1) is 19.8. The number of carboxylic acids is 1. The highest BCUT2D eigenvalue weighted by Crippen LogP contribution is 2.24. The number of carbonyl (C=O) groups is 3. The summed E-state index contributed by atoms with van der Waals surface area (Å²) in [5, 5.41) is 10.7. The molecule has 1 aliphatic heterocycles. The van der Waals surface area contributed by atoms with Gasteiger partial charge in [-0.2, -0.15) is 0 Å². The fraction of sp³-hybridized carbons (Fsp3) is 0.226. The molecule has 5 rings (SSSR count). The molecule has 3 amide bonds. The van der Waals surface area contributed by atoms with E-state index in [2.05, 4.69) is 41.1 Å². The van der Waals surface area contributed by atoms with Crippen LogP contribution in [0.4, 0.5) is 22.0 Å². The Labute approximate surface area is 238 Å². The summed E-state index contributed by atoms with van der Waals surface area (Å²) in [6.45, 7) is 4.89. The molecule has 1 aliphatic rings. The van der Waals surface area contributed by atoms with Gasteiger partial charge in [0.25, 0.3) is 5.91 Å². The van der Waals surface area contributed by atoms with Crippen LogP contribution in [0.5, 0.6) is 0 Å². The second-order valence-electron chi connectivity index (χ2n) is 9.55. The van der Waals surface area contributed by atoms with E-state index in [4.69, 9.17) is 16.6 Å². The second-order valence-corrected chi connectivity index (χ2v) is 9.55. The average Bonchev–Trinajstić information content (AvgIpc) is 3.00. The molecule has 0 bridgehead atoms. The number of carbonyl (C=O) groups excluding carboxylic acids is 2. The normalized spacial score (nSPS) is 12.8. The van der Waals surface area contributed by atoms with E-state index in [9.17, 15) is 14.4 Å². The predicted octanol–water partition coefficient (Wildman–Crippen LogP) is 4.00. The molecule has 0 atom stereocenters. The van der Waals surface area contributed by atoms with E-state index in [1.54, 1.807) is 65.7 Å². The van der Waals surface area contributed by atoms with Crippen LogP contribution in [0.25, 0.3) is 10.8 Å². The van der Waals surface area contributed by atoms with Gasteiger partial charge < -0.3 is 26.4 Å². The highest BCUT2D eigenvalue weighted by molar-refractivity contribution is 6.10. The number of anilines is 3. The molecule has 212 valence electrons. The number of primary amides is 1. The molecular formula is C31H34N6O4. The summed E-state index contributed by atoms with van der Waals surface area (Å²) in [6, 6.07) is 23.7. The second kappa shape index (κ2) is 13.3. The maximum atomic E-state index is 12.8. The number of nitrogen functional groups attached to an aromatic ring is 1. The van der Waals surface area contributed by atoms with Crippen LogP contribution in [0.15, 0.2) is 85.1 Å². The molecule has 0 radical (unpaired) electrons. The SMILES string of the molecule is CCc1ccccc1N1CCN(C(N)=O)CC1.Nc1nccc2ccc(C(=O)N(CC(=O)O)c3ccccc3)cc12. The van der Waals surface area contributed by atoms with Crippen LogP contribution < -0.4 is 21.3 Å². The van der Waals surface area contributed by atoms with Crippen molar-refractivity contribution in [2.24, 2.45) is 5.73 Å². The average molecular weight is 555 g/mol. The van der Waals surface area contributed by atoms with Gasteiger partial charge in [-0.1, -0.05) is 49.4 Å². The molecule has 41 heavy (non-hydrogen) atoms. The van der Waals surface area contributed by atoms with E-state index < -0.39 is 18.4 Å². The van der Waals surface area contributed by atoms with Gasteiger partial charge in [0.1, 0.15) is 12.4 Å². The number of piperazine rings is 1. The molecular weight excluding hydrogens is 520 g/mol. The number of benzene rings is 3. The molecule has 3 aromatic carbocycles. The number of hydrogen-bond acceptors (Lipinski definition) is 6. The van der Waals surface area contributed by atoms with Crippen molar-refractivity contribution in [1.29, 1.82) is 0 Å². The van der Waals surface area contributed by atoms with Crippen molar-refractivity contribution >= 4 is 45.9 Å². The number of nitrogens with two attached hydrogens (primary N) is 2. The number of carboxylic acid groups (broad SMARTS) is 1. The summed E-state index contributed by atoms with van der Waals surface area (Å²) in [7, 11) is 0. The van der Waals surface area contributed by atoms with Crippen LogP contribution in [-0.2, 0) is 11.2 Å². The minimum atomic E-state index is -1.09. The number of amides is 3. The number of hydrogen-bond donors (Lipinski definition) is 3. The first-order valence-corrected chi connectivity index (χ1v) is 13.4. The topological polar surface area (TPSA) is 146 Å².